The predicted molar refractivity (Wildman–Crippen MR) is 75.6 cm³/mol. The third-order valence-electron chi connectivity index (χ3n) is 2.91. The number of ether oxygens (including phenoxy) is 3. The average molecular weight is 277 g/mol. The fraction of sp³-hybridized carbons (Fsp3) is 0.286. The van der Waals surface area contributed by atoms with Gasteiger partial charge < -0.3 is 19.5 Å². The quantitative estimate of drug-likeness (QED) is 0.932. The average Bonchev–Trinajstić information content (AvgIpc) is 2.97. The van der Waals surface area contributed by atoms with Crippen LogP contribution in [-0.2, 0) is 6.54 Å². The second kappa shape index (κ2) is 5.40. The summed E-state index contributed by atoms with van der Waals surface area (Å²) in [5.41, 5.74) is 2.23. The van der Waals surface area contributed by atoms with Crippen LogP contribution < -0.4 is 19.5 Å². The minimum absolute atomic E-state index is 0.565. The molecule has 0 amide bonds. The van der Waals surface area contributed by atoms with E-state index in [4.69, 9.17) is 14.2 Å². The predicted octanol–water partition coefficient (Wildman–Crippen LogP) is 3.14. The molecule has 2 heterocycles. The second-order valence-electron chi connectivity index (χ2n) is 4.19. The maximum Gasteiger partial charge on any atom is 0.203 e. The monoisotopic (exact) mass is 277 g/mol. The van der Waals surface area contributed by atoms with Gasteiger partial charge in [0, 0.05) is 17.6 Å². The van der Waals surface area contributed by atoms with Gasteiger partial charge in [0.2, 0.25) is 5.75 Å². The summed E-state index contributed by atoms with van der Waals surface area (Å²) in [6.45, 7) is 1.87. The minimum atomic E-state index is 0.565. The zero-order valence-electron chi connectivity index (χ0n) is 10.6. The van der Waals surface area contributed by atoms with Crippen LogP contribution in [0.4, 0.5) is 5.69 Å². The molecule has 3 rings (SSSR count). The molecule has 5 heteroatoms. The zero-order valence-corrected chi connectivity index (χ0v) is 11.5. The van der Waals surface area contributed by atoms with Crippen LogP contribution in [0.5, 0.6) is 17.2 Å². The van der Waals surface area contributed by atoms with Gasteiger partial charge in [-0.3, -0.25) is 0 Å². The smallest absolute Gasteiger partial charge is 0.203 e. The summed E-state index contributed by atoms with van der Waals surface area (Å²) in [5, 5.41) is 7.48. The summed E-state index contributed by atoms with van der Waals surface area (Å²) < 4.78 is 16.6. The molecule has 0 radical (unpaired) electrons. The Hall–Kier alpha value is -1.88. The van der Waals surface area contributed by atoms with E-state index < -0.39 is 0 Å². The first-order chi connectivity index (χ1) is 9.36. The number of hydrogen-bond acceptors (Lipinski definition) is 5. The van der Waals surface area contributed by atoms with Crippen molar-refractivity contribution >= 4 is 17.0 Å². The van der Waals surface area contributed by atoms with Gasteiger partial charge in [0.1, 0.15) is 13.2 Å². The van der Waals surface area contributed by atoms with Gasteiger partial charge in [-0.25, -0.2) is 0 Å². The van der Waals surface area contributed by atoms with Crippen molar-refractivity contribution < 1.29 is 14.2 Å². The van der Waals surface area contributed by atoms with E-state index in [1.54, 1.807) is 18.4 Å². The molecule has 1 aromatic carbocycles. The molecule has 0 saturated carbocycles. The summed E-state index contributed by atoms with van der Waals surface area (Å²) in [5.74, 6) is 2.18. The van der Waals surface area contributed by atoms with Crippen molar-refractivity contribution in [2.75, 3.05) is 25.6 Å². The molecule has 0 bridgehead atoms. The Balaban J connectivity index is 1.81. The third kappa shape index (κ3) is 2.61. The van der Waals surface area contributed by atoms with Crippen LogP contribution in [0.15, 0.2) is 29.0 Å². The number of nitrogens with one attached hydrogen (secondary N) is 1. The Morgan fingerprint density at radius 1 is 1.32 bits per heavy atom. The molecule has 1 aliphatic rings. The van der Waals surface area contributed by atoms with Crippen molar-refractivity contribution in [3.8, 4) is 17.2 Å². The Bertz CT molecular complexity index is 537. The first-order valence-electron chi connectivity index (χ1n) is 6.09. The highest BCUT2D eigenvalue weighted by molar-refractivity contribution is 7.08. The summed E-state index contributed by atoms with van der Waals surface area (Å²) in [7, 11) is 1.64. The number of thiophene rings is 1. The Labute approximate surface area is 115 Å². The second-order valence-corrected chi connectivity index (χ2v) is 4.97. The van der Waals surface area contributed by atoms with Crippen molar-refractivity contribution in [2.24, 2.45) is 0 Å². The van der Waals surface area contributed by atoms with Crippen LogP contribution >= 0.6 is 11.3 Å². The topological polar surface area (TPSA) is 39.7 Å². The molecule has 19 heavy (non-hydrogen) atoms. The van der Waals surface area contributed by atoms with Gasteiger partial charge in [0.25, 0.3) is 0 Å². The molecule has 1 N–H and O–H groups in total. The van der Waals surface area contributed by atoms with Crippen LogP contribution in [0.3, 0.4) is 0 Å². The van der Waals surface area contributed by atoms with Crippen LogP contribution in [0, 0.1) is 0 Å². The molecule has 0 spiro atoms. The molecule has 1 aromatic heterocycles. The number of benzene rings is 1. The van der Waals surface area contributed by atoms with Gasteiger partial charge in [0.15, 0.2) is 11.5 Å². The zero-order chi connectivity index (χ0) is 13.1. The minimum Gasteiger partial charge on any atom is -0.493 e. The lowest BCUT2D eigenvalue weighted by Crippen LogP contribution is -2.16. The van der Waals surface area contributed by atoms with Gasteiger partial charge in [-0.05, 0) is 29.1 Å². The summed E-state index contributed by atoms with van der Waals surface area (Å²) >= 11 is 1.67. The molecule has 4 nitrogen and oxygen atoms in total. The highest BCUT2D eigenvalue weighted by atomic mass is 32.1. The van der Waals surface area contributed by atoms with E-state index in [1.807, 2.05) is 17.5 Å². The SMILES string of the molecule is COc1cc(CNc2ccsc2)cc2c1OCCO2. The molecule has 0 aliphatic carbocycles. The Morgan fingerprint density at radius 2 is 2.21 bits per heavy atom. The third-order valence-corrected chi connectivity index (χ3v) is 3.59. The highest BCUT2D eigenvalue weighted by Crippen LogP contribution is 2.40. The molecule has 1 aliphatic heterocycles. The van der Waals surface area contributed by atoms with E-state index in [1.165, 1.54) is 0 Å². The molecular weight excluding hydrogens is 262 g/mol. The van der Waals surface area contributed by atoms with E-state index >= 15 is 0 Å². The summed E-state index contributed by atoms with van der Waals surface area (Å²) in [6.07, 6.45) is 0. The summed E-state index contributed by atoms with van der Waals surface area (Å²) in [6, 6.07) is 6.03. The lowest BCUT2D eigenvalue weighted by molar-refractivity contribution is 0.165. The molecule has 2 aromatic rings. The molecular formula is C14H15NO3S. The fourth-order valence-corrected chi connectivity index (χ4v) is 2.61. The molecule has 0 atom stereocenters. The van der Waals surface area contributed by atoms with Crippen molar-refractivity contribution in [1.82, 2.24) is 0 Å². The lowest BCUT2D eigenvalue weighted by atomic mass is 10.1. The fourth-order valence-electron chi connectivity index (χ4n) is 2.00. The van der Waals surface area contributed by atoms with Gasteiger partial charge in [-0.2, -0.15) is 11.3 Å². The number of methoxy groups -OCH3 is 1. The van der Waals surface area contributed by atoms with Crippen molar-refractivity contribution in [1.29, 1.82) is 0 Å². The van der Waals surface area contributed by atoms with Gasteiger partial charge in [-0.1, -0.05) is 0 Å². The Morgan fingerprint density at radius 3 is 3.00 bits per heavy atom. The normalized spacial score (nSPS) is 13.1. The number of fused-ring (bicyclic) bond motifs is 1. The van der Waals surface area contributed by atoms with Gasteiger partial charge in [0.05, 0.1) is 7.11 Å². The van der Waals surface area contributed by atoms with Crippen LogP contribution in [0.25, 0.3) is 0 Å². The van der Waals surface area contributed by atoms with E-state index in [0.717, 1.165) is 29.3 Å². The molecule has 100 valence electrons. The van der Waals surface area contributed by atoms with Crippen molar-refractivity contribution in [3.63, 3.8) is 0 Å². The van der Waals surface area contributed by atoms with E-state index in [-0.39, 0.29) is 0 Å². The molecule has 0 saturated heterocycles. The van der Waals surface area contributed by atoms with Crippen LogP contribution in [0.1, 0.15) is 5.56 Å². The lowest BCUT2D eigenvalue weighted by Gasteiger charge is -2.21. The number of anilines is 1. The van der Waals surface area contributed by atoms with Crippen LogP contribution in [0.2, 0.25) is 0 Å². The van der Waals surface area contributed by atoms with Crippen LogP contribution in [-0.4, -0.2) is 20.3 Å². The highest BCUT2D eigenvalue weighted by Gasteiger charge is 2.18. The van der Waals surface area contributed by atoms with Gasteiger partial charge >= 0.3 is 0 Å². The largest absolute Gasteiger partial charge is 0.493 e. The first kappa shape index (κ1) is 12.2. The Kier molecular flexibility index (Phi) is 3.46. The van der Waals surface area contributed by atoms with E-state index in [0.29, 0.717) is 19.0 Å². The first-order valence-corrected chi connectivity index (χ1v) is 7.03. The van der Waals surface area contributed by atoms with Gasteiger partial charge in [-0.15, -0.1) is 0 Å². The molecule has 0 fully saturated rings. The number of rotatable bonds is 4. The van der Waals surface area contributed by atoms with Crippen molar-refractivity contribution in [3.05, 3.63) is 34.5 Å². The maximum absolute atomic E-state index is 5.61. The number of hydrogen-bond donors (Lipinski definition) is 1. The van der Waals surface area contributed by atoms with Crippen molar-refractivity contribution in [2.45, 2.75) is 6.54 Å². The van der Waals surface area contributed by atoms with E-state index in [2.05, 4.69) is 16.8 Å². The van der Waals surface area contributed by atoms with E-state index in [9.17, 15) is 0 Å². The standard InChI is InChI=1S/C14H15NO3S/c1-16-12-6-10(8-15-11-2-5-19-9-11)7-13-14(12)18-4-3-17-13/h2,5-7,9,15H,3-4,8H2,1H3. The maximum atomic E-state index is 5.61. The summed E-state index contributed by atoms with van der Waals surface area (Å²) in [4.78, 5) is 0. The molecule has 0 unspecified atom stereocenters.